The van der Waals surface area contributed by atoms with Gasteiger partial charge in [0.2, 0.25) is 0 Å². The van der Waals surface area contributed by atoms with Gasteiger partial charge in [0.25, 0.3) is 15.7 Å². The molecule has 118 valence electrons. The molecule has 0 saturated carbocycles. The maximum absolute atomic E-state index is 12.0. The highest BCUT2D eigenvalue weighted by Crippen LogP contribution is 2.13. The van der Waals surface area contributed by atoms with E-state index >= 15 is 0 Å². The lowest BCUT2D eigenvalue weighted by molar-refractivity contribution is -0.385. The van der Waals surface area contributed by atoms with Crippen molar-refractivity contribution in [3.05, 3.63) is 28.4 Å². The number of nitrogens with zero attached hydrogens (tertiary/aromatic N) is 2. The molecule has 1 aromatic heterocycles. The van der Waals surface area contributed by atoms with Crippen LogP contribution in [0, 0.1) is 16.0 Å². The number of nitrogens with one attached hydrogen (secondary N) is 2. The Morgan fingerprint density at radius 3 is 2.76 bits per heavy atom. The lowest BCUT2D eigenvalue weighted by Gasteiger charge is -2.22. The molecule has 1 atom stereocenters. The van der Waals surface area contributed by atoms with Gasteiger partial charge in [-0.15, -0.1) is 12.4 Å². The van der Waals surface area contributed by atoms with E-state index in [9.17, 15) is 18.5 Å². The second kappa shape index (κ2) is 7.64. The highest BCUT2D eigenvalue weighted by atomic mass is 35.5. The molecule has 2 rings (SSSR count). The van der Waals surface area contributed by atoms with Crippen molar-refractivity contribution in [2.75, 3.05) is 19.6 Å². The molecule has 21 heavy (non-hydrogen) atoms. The van der Waals surface area contributed by atoms with Crippen LogP contribution in [-0.2, 0) is 10.0 Å². The van der Waals surface area contributed by atoms with E-state index in [2.05, 4.69) is 15.0 Å². The van der Waals surface area contributed by atoms with E-state index in [1.807, 2.05) is 0 Å². The molecule has 0 aromatic carbocycles. The number of nitro groups is 1. The fourth-order valence-corrected chi connectivity index (χ4v) is 3.08. The van der Waals surface area contributed by atoms with Crippen LogP contribution in [0.3, 0.4) is 0 Å². The molecule has 1 unspecified atom stereocenters. The average molecular weight is 337 g/mol. The van der Waals surface area contributed by atoms with E-state index in [0.717, 1.165) is 44.3 Å². The third-order valence-corrected chi connectivity index (χ3v) is 4.51. The van der Waals surface area contributed by atoms with E-state index in [4.69, 9.17) is 0 Å². The highest BCUT2D eigenvalue weighted by molar-refractivity contribution is 7.89. The van der Waals surface area contributed by atoms with Gasteiger partial charge in [-0.05, 0) is 37.9 Å². The Kier molecular flexibility index (Phi) is 6.46. The topological polar surface area (TPSA) is 114 Å². The molecule has 0 amide bonds. The van der Waals surface area contributed by atoms with Gasteiger partial charge >= 0.3 is 0 Å². The number of pyridine rings is 1. The Hall–Kier alpha value is -1.29. The summed E-state index contributed by atoms with van der Waals surface area (Å²) >= 11 is 0. The predicted molar refractivity (Wildman–Crippen MR) is 78.9 cm³/mol. The zero-order chi connectivity index (χ0) is 14.6. The van der Waals surface area contributed by atoms with Crippen LogP contribution in [0.1, 0.15) is 12.8 Å². The molecule has 8 nitrogen and oxygen atoms in total. The summed E-state index contributed by atoms with van der Waals surface area (Å²) in [5.74, 6) is 0.261. The Bertz CT molecular complexity index is 572. The lowest BCUT2D eigenvalue weighted by Crippen LogP contribution is -2.38. The number of piperidine rings is 1. The van der Waals surface area contributed by atoms with Gasteiger partial charge < -0.3 is 5.32 Å². The largest absolute Gasteiger partial charge is 0.316 e. The van der Waals surface area contributed by atoms with Crippen molar-refractivity contribution in [2.45, 2.75) is 17.9 Å². The van der Waals surface area contributed by atoms with Crippen LogP contribution in [0.2, 0.25) is 0 Å². The third kappa shape index (κ3) is 4.88. The van der Waals surface area contributed by atoms with Gasteiger partial charge in [-0.3, -0.25) is 10.1 Å². The number of hydrogen-bond donors (Lipinski definition) is 2. The van der Waals surface area contributed by atoms with Crippen LogP contribution in [-0.4, -0.2) is 38.0 Å². The minimum Gasteiger partial charge on any atom is -0.316 e. The summed E-state index contributed by atoms with van der Waals surface area (Å²) in [6.07, 6.45) is 2.95. The van der Waals surface area contributed by atoms with Gasteiger partial charge in [-0.2, -0.15) is 0 Å². The lowest BCUT2D eigenvalue weighted by atomic mass is 10.0. The van der Waals surface area contributed by atoms with E-state index < -0.39 is 14.9 Å². The first-order chi connectivity index (χ1) is 9.49. The monoisotopic (exact) mass is 336 g/mol. The minimum absolute atomic E-state index is 0. The molecule has 1 saturated heterocycles. The SMILES string of the molecule is Cl.O=[N+]([O-])c1ccc(S(=O)(=O)NCC2CCCNC2)nc1. The van der Waals surface area contributed by atoms with E-state index in [0.29, 0.717) is 6.54 Å². The first-order valence-electron chi connectivity index (χ1n) is 6.30. The summed E-state index contributed by atoms with van der Waals surface area (Å²) < 4.78 is 26.5. The molecule has 2 heterocycles. The van der Waals surface area contributed by atoms with Crippen molar-refractivity contribution in [3.8, 4) is 0 Å². The van der Waals surface area contributed by atoms with Gasteiger partial charge in [-0.25, -0.2) is 18.1 Å². The molecule has 2 N–H and O–H groups in total. The van der Waals surface area contributed by atoms with Crippen molar-refractivity contribution < 1.29 is 13.3 Å². The van der Waals surface area contributed by atoms with Crippen LogP contribution < -0.4 is 10.0 Å². The van der Waals surface area contributed by atoms with Gasteiger partial charge in [0, 0.05) is 12.6 Å². The Morgan fingerprint density at radius 1 is 1.48 bits per heavy atom. The van der Waals surface area contributed by atoms with Gasteiger partial charge in [0.15, 0.2) is 5.03 Å². The second-order valence-electron chi connectivity index (χ2n) is 4.68. The molecule has 1 fully saturated rings. The number of rotatable bonds is 5. The maximum Gasteiger partial charge on any atom is 0.287 e. The molecule has 1 aromatic rings. The van der Waals surface area contributed by atoms with Crippen LogP contribution in [0.4, 0.5) is 5.69 Å². The third-order valence-electron chi connectivity index (χ3n) is 3.17. The maximum atomic E-state index is 12.0. The van der Waals surface area contributed by atoms with E-state index in [-0.39, 0.29) is 29.0 Å². The number of sulfonamides is 1. The molecular weight excluding hydrogens is 320 g/mol. The summed E-state index contributed by atoms with van der Waals surface area (Å²) in [4.78, 5) is 13.5. The summed E-state index contributed by atoms with van der Waals surface area (Å²) in [7, 11) is -3.71. The van der Waals surface area contributed by atoms with Crippen LogP contribution >= 0.6 is 12.4 Å². The summed E-state index contributed by atoms with van der Waals surface area (Å²) in [6.45, 7) is 2.09. The van der Waals surface area contributed by atoms with Gasteiger partial charge in [-0.1, -0.05) is 0 Å². The first-order valence-corrected chi connectivity index (χ1v) is 7.78. The van der Waals surface area contributed by atoms with Crippen LogP contribution in [0.25, 0.3) is 0 Å². The normalized spacial score (nSPS) is 18.8. The Morgan fingerprint density at radius 2 is 2.24 bits per heavy atom. The standard InChI is InChI=1S/C11H16N4O4S.ClH/c16-15(17)10-3-4-11(13-8-10)20(18,19)14-7-9-2-1-5-12-6-9;/h3-4,8-9,12,14H,1-2,5-7H2;1H. The van der Waals surface area contributed by atoms with E-state index in [1.165, 1.54) is 0 Å². The number of hydrogen-bond acceptors (Lipinski definition) is 6. The molecular formula is C11H17ClN4O4S. The zero-order valence-corrected chi connectivity index (χ0v) is 12.8. The zero-order valence-electron chi connectivity index (χ0n) is 11.2. The predicted octanol–water partition coefficient (Wildman–Crippen LogP) is 0.689. The van der Waals surface area contributed by atoms with Crippen molar-refractivity contribution in [3.63, 3.8) is 0 Å². The van der Waals surface area contributed by atoms with Crippen molar-refractivity contribution in [2.24, 2.45) is 5.92 Å². The molecule has 1 aliphatic rings. The Labute approximate surface area is 129 Å². The average Bonchev–Trinajstić information content (AvgIpc) is 2.46. The smallest absolute Gasteiger partial charge is 0.287 e. The first kappa shape index (κ1) is 17.8. The fraction of sp³-hybridized carbons (Fsp3) is 0.545. The molecule has 0 bridgehead atoms. The summed E-state index contributed by atoms with van der Waals surface area (Å²) in [5, 5.41) is 13.5. The minimum atomic E-state index is -3.71. The highest BCUT2D eigenvalue weighted by Gasteiger charge is 2.20. The van der Waals surface area contributed by atoms with Gasteiger partial charge in [0.05, 0.1) is 4.92 Å². The quantitative estimate of drug-likeness (QED) is 0.604. The molecule has 0 radical (unpaired) electrons. The van der Waals surface area contributed by atoms with Gasteiger partial charge in [0.1, 0.15) is 6.20 Å². The molecule has 0 aliphatic carbocycles. The molecule has 0 spiro atoms. The number of aromatic nitrogens is 1. The summed E-state index contributed by atoms with van der Waals surface area (Å²) in [6, 6.07) is 2.27. The number of halogens is 1. The molecule has 10 heteroatoms. The van der Waals surface area contributed by atoms with Crippen molar-refractivity contribution in [1.82, 2.24) is 15.0 Å². The van der Waals surface area contributed by atoms with Crippen molar-refractivity contribution >= 4 is 28.1 Å². The van der Waals surface area contributed by atoms with E-state index in [1.54, 1.807) is 0 Å². The van der Waals surface area contributed by atoms with Crippen LogP contribution in [0.15, 0.2) is 23.4 Å². The Balaban J connectivity index is 0.00000220. The summed E-state index contributed by atoms with van der Waals surface area (Å²) in [5.41, 5.74) is -0.236. The fourth-order valence-electron chi connectivity index (χ4n) is 2.04. The second-order valence-corrected chi connectivity index (χ2v) is 6.39. The molecule has 1 aliphatic heterocycles. The van der Waals surface area contributed by atoms with Crippen molar-refractivity contribution in [1.29, 1.82) is 0 Å². The van der Waals surface area contributed by atoms with Crippen LogP contribution in [0.5, 0.6) is 0 Å².